The third kappa shape index (κ3) is 5.42. The molecule has 3 N–H and O–H groups in total. The van der Waals surface area contributed by atoms with Crippen LogP contribution in [0.1, 0.15) is 75.3 Å². The standard InChI is InChI=1S/C24H23BrClF3N4O4S/c1-4-37-23(36)16-10(2)19(11(3)34)38-22(16)31-21(35)18-17(26)20-30-14(12-5-7-13(25)8-6-12)9-15(24(27,28)29)33(20)32-18/h5-8,11,14-15,30,34H,4,9H2,1-3H3,(H,31,35). The van der Waals surface area contributed by atoms with E-state index in [0.717, 1.165) is 15.8 Å². The summed E-state index contributed by atoms with van der Waals surface area (Å²) in [6.07, 6.45) is -5.97. The number of halogens is 5. The van der Waals surface area contributed by atoms with Gasteiger partial charge in [-0.1, -0.05) is 39.7 Å². The summed E-state index contributed by atoms with van der Waals surface area (Å²) in [6, 6.07) is 4.05. The Balaban J connectivity index is 1.72. The van der Waals surface area contributed by atoms with Crippen molar-refractivity contribution >= 4 is 61.6 Å². The zero-order valence-electron chi connectivity index (χ0n) is 20.3. The van der Waals surface area contributed by atoms with Crippen LogP contribution in [-0.4, -0.2) is 39.5 Å². The number of aromatic nitrogens is 2. The Kier molecular flexibility index (Phi) is 8.12. The number of benzene rings is 1. The van der Waals surface area contributed by atoms with Gasteiger partial charge in [0.2, 0.25) is 0 Å². The summed E-state index contributed by atoms with van der Waals surface area (Å²) in [4.78, 5) is 26.2. The monoisotopic (exact) mass is 634 g/mol. The maximum absolute atomic E-state index is 14.1. The minimum Gasteiger partial charge on any atom is -0.462 e. The van der Waals surface area contributed by atoms with E-state index in [1.54, 1.807) is 38.1 Å². The van der Waals surface area contributed by atoms with Crippen molar-refractivity contribution in [2.45, 2.75) is 51.6 Å². The number of carbonyl (C=O) groups is 2. The maximum Gasteiger partial charge on any atom is 0.410 e. The number of aliphatic hydroxyl groups excluding tert-OH is 1. The number of nitrogens with zero attached hydrogens (tertiary/aromatic N) is 2. The van der Waals surface area contributed by atoms with Crippen molar-refractivity contribution in [3.8, 4) is 0 Å². The number of fused-ring (bicyclic) bond motifs is 1. The zero-order chi connectivity index (χ0) is 27.9. The van der Waals surface area contributed by atoms with E-state index >= 15 is 0 Å². The molecular weight excluding hydrogens is 613 g/mol. The lowest BCUT2D eigenvalue weighted by Gasteiger charge is -2.33. The van der Waals surface area contributed by atoms with Gasteiger partial charge >= 0.3 is 12.1 Å². The Morgan fingerprint density at radius 2 is 2.03 bits per heavy atom. The molecule has 4 rings (SSSR count). The molecule has 1 amide bonds. The van der Waals surface area contributed by atoms with Crippen LogP contribution in [0.5, 0.6) is 0 Å². The lowest BCUT2D eigenvalue weighted by Crippen LogP contribution is -2.35. The molecule has 1 aliphatic heterocycles. The predicted molar refractivity (Wildman–Crippen MR) is 141 cm³/mol. The summed E-state index contributed by atoms with van der Waals surface area (Å²) in [5.41, 5.74) is 0.628. The fourth-order valence-electron chi connectivity index (χ4n) is 4.28. The minimum absolute atomic E-state index is 0.0443. The zero-order valence-corrected chi connectivity index (χ0v) is 23.5. The second-order valence-corrected chi connectivity index (χ2v) is 11.0. The van der Waals surface area contributed by atoms with Crippen molar-refractivity contribution in [3.05, 3.63) is 61.0 Å². The molecule has 1 aliphatic rings. The molecule has 0 radical (unpaired) electrons. The quantitative estimate of drug-likeness (QED) is 0.257. The van der Waals surface area contributed by atoms with Gasteiger partial charge < -0.3 is 20.5 Å². The summed E-state index contributed by atoms with van der Waals surface area (Å²) < 4.78 is 48.8. The van der Waals surface area contributed by atoms with Crippen molar-refractivity contribution in [1.29, 1.82) is 0 Å². The highest BCUT2D eigenvalue weighted by Gasteiger charge is 2.48. The SMILES string of the molecule is CCOC(=O)c1c(NC(=O)c2nn3c(c2Cl)NC(c2ccc(Br)cc2)CC3C(F)(F)F)sc(C(C)O)c1C. The third-order valence-electron chi connectivity index (χ3n) is 6.05. The van der Waals surface area contributed by atoms with Gasteiger partial charge in [0.1, 0.15) is 15.8 Å². The predicted octanol–water partition coefficient (Wildman–Crippen LogP) is 6.81. The fourth-order valence-corrected chi connectivity index (χ4v) is 5.93. The van der Waals surface area contributed by atoms with E-state index in [4.69, 9.17) is 16.3 Å². The first-order valence-electron chi connectivity index (χ1n) is 11.5. The third-order valence-corrected chi connectivity index (χ3v) is 8.32. The van der Waals surface area contributed by atoms with Gasteiger partial charge in [0.15, 0.2) is 11.7 Å². The number of ether oxygens (including phenoxy) is 1. The molecule has 3 aromatic rings. The molecule has 204 valence electrons. The molecule has 0 saturated carbocycles. The van der Waals surface area contributed by atoms with Crippen LogP contribution in [0.3, 0.4) is 0 Å². The van der Waals surface area contributed by atoms with E-state index in [1.165, 1.54) is 6.92 Å². The summed E-state index contributed by atoms with van der Waals surface area (Å²) >= 11 is 10.7. The average molecular weight is 636 g/mol. The van der Waals surface area contributed by atoms with E-state index in [1.807, 2.05) is 0 Å². The van der Waals surface area contributed by atoms with Crippen LogP contribution in [-0.2, 0) is 4.74 Å². The van der Waals surface area contributed by atoms with Gasteiger partial charge in [0, 0.05) is 15.8 Å². The smallest absolute Gasteiger partial charge is 0.410 e. The van der Waals surface area contributed by atoms with Gasteiger partial charge in [-0.15, -0.1) is 11.3 Å². The lowest BCUT2D eigenvalue weighted by atomic mass is 9.97. The van der Waals surface area contributed by atoms with Crippen LogP contribution in [0.25, 0.3) is 0 Å². The number of aliphatic hydroxyl groups is 1. The van der Waals surface area contributed by atoms with E-state index < -0.39 is 41.9 Å². The number of alkyl halides is 3. The van der Waals surface area contributed by atoms with Crippen LogP contribution in [0.15, 0.2) is 28.7 Å². The Bertz CT molecular complexity index is 1370. The number of carbonyl (C=O) groups excluding carboxylic acids is 2. The number of anilines is 2. The maximum atomic E-state index is 14.1. The molecule has 14 heteroatoms. The van der Waals surface area contributed by atoms with Crippen molar-refractivity contribution in [2.24, 2.45) is 0 Å². The van der Waals surface area contributed by atoms with Gasteiger partial charge in [-0.25, -0.2) is 9.48 Å². The van der Waals surface area contributed by atoms with Gasteiger partial charge in [0.25, 0.3) is 5.91 Å². The van der Waals surface area contributed by atoms with E-state index in [2.05, 4.69) is 31.7 Å². The summed E-state index contributed by atoms with van der Waals surface area (Å²) in [6.45, 7) is 4.80. The fraction of sp³-hybridized carbons (Fsp3) is 0.375. The van der Waals surface area contributed by atoms with E-state index in [0.29, 0.717) is 20.7 Å². The molecule has 2 aromatic heterocycles. The van der Waals surface area contributed by atoms with Crippen LogP contribution in [0, 0.1) is 6.92 Å². The highest BCUT2D eigenvalue weighted by molar-refractivity contribution is 9.10. The number of rotatable bonds is 6. The number of esters is 1. The van der Waals surface area contributed by atoms with Gasteiger partial charge in [-0.2, -0.15) is 18.3 Å². The van der Waals surface area contributed by atoms with Crippen molar-refractivity contribution in [3.63, 3.8) is 0 Å². The number of nitrogens with one attached hydrogen (secondary N) is 2. The molecule has 0 aliphatic carbocycles. The molecule has 0 spiro atoms. The summed E-state index contributed by atoms with van der Waals surface area (Å²) in [5, 5.41) is 19.3. The Morgan fingerprint density at radius 1 is 1.37 bits per heavy atom. The van der Waals surface area contributed by atoms with E-state index in [9.17, 15) is 27.9 Å². The Morgan fingerprint density at radius 3 is 2.61 bits per heavy atom. The number of hydrogen-bond acceptors (Lipinski definition) is 7. The molecule has 3 atom stereocenters. The second-order valence-electron chi connectivity index (χ2n) is 8.64. The topological polar surface area (TPSA) is 105 Å². The molecule has 8 nitrogen and oxygen atoms in total. The normalized spacial score (nSPS) is 17.9. The molecular formula is C24H23BrClF3N4O4S. The molecule has 0 bridgehead atoms. The van der Waals surface area contributed by atoms with Crippen molar-refractivity contribution in [1.82, 2.24) is 9.78 Å². The van der Waals surface area contributed by atoms with Gasteiger partial charge in [-0.05, 0) is 44.0 Å². The number of amides is 1. The number of hydrogen-bond donors (Lipinski definition) is 3. The molecule has 38 heavy (non-hydrogen) atoms. The van der Waals surface area contributed by atoms with Crippen LogP contribution in [0.4, 0.5) is 24.0 Å². The average Bonchev–Trinajstić information content (AvgIpc) is 3.35. The van der Waals surface area contributed by atoms with Crippen LogP contribution in [0.2, 0.25) is 5.02 Å². The van der Waals surface area contributed by atoms with Crippen LogP contribution >= 0.6 is 38.9 Å². The first-order valence-corrected chi connectivity index (χ1v) is 13.5. The van der Waals surface area contributed by atoms with Crippen molar-refractivity contribution in [2.75, 3.05) is 17.2 Å². The highest BCUT2D eigenvalue weighted by Crippen LogP contribution is 2.46. The first kappa shape index (κ1) is 28.4. The van der Waals surface area contributed by atoms with Crippen molar-refractivity contribution < 1.29 is 32.6 Å². The molecule has 0 saturated heterocycles. The molecule has 3 unspecified atom stereocenters. The Labute approximate surface area is 233 Å². The second kappa shape index (κ2) is 10.9. The minimum atomic E-state index is -4.67. The largest absolute Gasteiger partial charge is 0.462 e. The van der Waals surface area contributed by atoms with Crippen LogP contribution < -0.4 is 10.6 Å². The lowest BCUT2D eigenvalue weighted by molar-refractivity contribution is -0.173. The van der Waals surface area contributed by atoms with E-state index in [-0.39, 0.29) is 34.4 Å². The van der Waals surface area contributed by atoms with Gasteiger partial charge in [-0.3, -0.25) is 4.79 Å². The molecule has 3 heterocycles. The van der Waals surface area contributed by atoms with Gasteiger partial charge in [0.05, 0.1) is 24.3 Å². The Hall–Kier alpha value is -2.61. The summed E-state index contributed by atoms with van der Waals surface area (Å²) in [7, 11) is 0. The first-order chi connectivity index (χ1) is 17.8. The highest BCUT2D eigenvalue weighted by atomic mass is 79.9. The molecule has 0 fully saturated rings. The number of thiophene rings is 1. The molecule has 1 aromatic carbocycles. The summed E-state index contributed by atoms with van der Waals surface area (Å²) in [5.74, 6) is -1.77.